The minimum Gasteiger partial charge on any atom is -0.506 e. The number of carbonyl (C=O) groups is 1. The molecule has 0 radical (unpaired) electrons. The van der Waals surface area contributed by atoms with E-state index in [1.165, 1.54) is 6.21 Å². The Hall–Kier alpha value is -1.23. The van der Waals surface area contributed by atoms with E-state index in [0.717, 1.165) is 12.7 Å². The number of hydrogen-bond donors (Lipinski definition) is 2. The molecule has 0 bridgehead atoms. The van der Waals surface area contributed by atoms with E-state index in [-0.39, 0.29) is 11.7 Å². The van der Waals surface area contributed by atoms with Crippen LogP contribution in [0.3, 0.4) is 0 Å². The minimum atomic E-state index is -0.299. The highest BCUT2D eigenvalue weighted by molar-refractivity contribution is 14.1. The molecular weight excluding hydrogens is 484 g/mol. The molecule has 20 heavy (non-hydrogen) atoms. The monoisotopic (exact) mass is 493 g/mol. The molecule has 2 N–H and O–H groups in total. The SMILES string of the molecule is O=C(NN=Cc1cc(I)c(O)c(I)c1)c1ccncc1. The summed E-state index contributed by atoms with van der Waals surface area (Å²) in [6.07, 6.45) is 4.62. The Morgan fingerprint density at radius 1 is 1.25 bits per heavy atom. The first-order chi connectivity index (χ1) is 9.58. The lowest BCUT2D eigenvalue weighted by molar-refractivity contribution is 0.0955. The van der Waals surface area contributed by atoms with Gasteiger partial charge in [0.25, 0.3) is 5.91 Å². The Labute approximate surface area is 142 Å². The normalized spacial score (nSPS) is 10.7. The van der Waals surface area contributed by atoms with Gasteiger partial charge in [-0.05, 0) is 75.0 Å². The number of phenolic OH excluding ortho intramolecular Hbond substituents is 1. The van der Waals surface area contributed by atoms with Gasteiger partial charge in [0.2, 0.25) is 0 Å². The number of carbonyl (C=O) groups excluding carboxylic acids is 1. The Balaban J connectivity index is 2.06. The summed E-state index contributed by atoms with van der Waals surface area (Å²) >= 11 is 4.08. The number of aromatic nitrogens is 1. The van der Waals surface area contributed by atoms with Crippen LogP contribution in [0.4, 0.5) is 0 Å². The summed E-state index contributed by atoms with van der Waals surface area (Å²) in [7, 11) is 0. The molecule has 2 rings (SSSR count). The number of hydrogen-bond acceptors (Lipinski definition) is 4. The standard InChI is InChI=1S/C13H9I2N3O2/c14-10-5-8(6-11(15)12(10)19)7-17-18-13(20)9-1-3-16-4-2-9/h1-7,19H,(H,18,20). The van der Waals surface area contributed by atoms with E-state index in [1.54, 1.807) is 36.7 Å². The van der Waals surface area contributed by atoms with Crippen molar-refractivity contribution in [2.45, 2.75) is 0 Å². The molecule has 0 spiro atoms. The highest BCUT2D eigenvalue weighted by atomic mass is 127. The predicted molar refractivity (Wildman–Crippen MR) is 92.8 cm³/mol. The van der Waals surface area contributed by atoms with Gasteiger partial charge in [-0.3, -0.25) is 9.78 Å². The minimum absolute atomic E-state index is 0.254. The number of nitrogens with one attached hydrogen (secondary N) is 1. The maximum absolute atomic E-state index is 11.7. The number of hydrazone groups is 1. The lowest BCUT2D eigenvalue weighted by Crippen LogP contribution is -2.17. The van der Waals surface area contributed by atoms with Crippen molar-refractivity contribution in [1.29, 1.82) is 0 Å². The van der Waals surface area contributed by atoms with Crippen LogP contribution in [0.1, 0.15) is 15.9 Å². The number of pyridine rings is 1. The molecule has 0 aliphatic carbocycles. The fraction of sp³-hybridized carbons (Fsp3) is 0. The van der Waals surface area contributed by atoms with Crippen LogP contribution in [0.15, 0.2) is 41.8 Å². The zero-order chi connectivity index (χ0) is 14.5. The summed E-state index contributed by atoms with van der Waals surface area (Å²) in [5.74, 6) is -0.0454. The summed E-state index contributed by atoms with van der Waals surface area (Å²) in [6.45, 7) is 0. The van der Waals surface area contributed by atoms with Gasteiger partial charge in [0.15, 0.2) is 0 Å². The summed E-state index contributed by atoms with van der Waals surface area (Å²) in [4.78, 5) is 15.6. The van der Waals surface area contributed by atoms with Crippen LogP contribution < -0.4 is 5.43 Å². The molecule has 0 unspecified atom stereocenters. The molecule has 0 saturated carbocycles. The average molecular weight is 493 g/mol. The third-order valence-corrected chi connectivity index (χ3v) is 4.01. The Bertz CT molecular complexity index is 637. The smallest absolute Gasteiger partial charge is 0.271 e. The molecular formula is C13H9I2N3O2. The van der Waals surface area contributed by atoms with Crippen LogP contribution in [0.25, 0.3) is 0 Å². The second-order valence-corrected chi connectivity index (χ2v) is 6.09. The molecule has 0 aliphatic rings. The third-order valence-electron chi connectivity index (χ3n) is 2.36. The lowest BCUT2D eigenvalue weighted by Gasteiger charge is -2.02. The van der Waals surface area contributed by atoms with E-state index in [9.17, 15) is 9.90 Å². The van der Waals surface area contributed by atoms with Crippen molar-refractivity contribution in [2.75, 3.05) is 0 Å². The number of aromatic hydroxyl groups is 1. The van der Waals surface area contributed by atoms with E-state index in [4.69, 9.17) is 0 Å². The van der Waals surface area contributed by atoms with E-state index in [2.05, 4.69) is 15.5 Å². The van der Waals surface area contributed by atoms with Gasteiger partial charge in [-0.1, -0.05) is 0 Å². The fourth-order valence-electron chi connectivity index (χ4n) is 1.39. The molecule has 0 atom stereocenters. The Kier molecular flexibility index (Phi) is 5.29. The van der Waals surface area contributed by atoms with Crippen molar-refractivity contribution in [2.24, 2.45) is 5.10 Å². The highest BCUT2D eigenvalue weighted by Crippen LogP contribution is 2.26. The van der Waals surface area contributed by atoms with E-state index >= 15 is 0 Å². The van der Waals surface area contributed by atoms with E-state index < -0.39 is 0 Å². The molecule has 1 amide bonds. The third kappa shape index (κ3) is 3.88. The van der Waals surface area contributed by atoms with Crippen LogP contribution in [0.5, 0.6) is 5.75 Å². The number of phenols is 1. The van der Waals surface area contributed by atoms with Crippen molar-refractivity contribution in [1.82, 2.24) is 10.4 Å². The summed E-state index contributed by atoms with van der Waals surface area (Å²) in [6, 6.07) is 6.77. The van der Waals surface area contributed by atoms with Gasteiger partial charge in [0.1, 0.15) is 5.75 Å². The Morgan fingerprint density at radius 2 is 1.85 bits per heavy atom. The van der Waals surface area contributed by atoms with Crippen LogP contribution in [-0.4, -0.2) is 22.2 Å². The van der Waals surface area contributed by atoms with Crippen molar-refractivity contribution in [3.05, 3.63) is 54.9 Å². The van der Waals surface area contributed by atoms with Crippen LogP contribution >= 0.6 is 45.2 Å². The summed E-state index contributed by atoms with van der Waals surface area (Å²) in [5, 5.41) is 13.6. The fourth-order valence-corrected chi connectivity index (χ4v) is 3.21. The van der Waals surface area contributed by atoms with Gasteiger partial charge < -0.3 is 5.11 Å². The van der Waals surface area contributed by atoms with Crippen LogP contribution in [-0.2, 0) is 0 Å². The van der Waals surface area contributed by atoms with Gasteiger partial charge in [-0.25, -0.2) is 5.43 Å². The summed E-state index contributed by atoms with van der Waals surface area (Å²) in [5.41, 5.74) is 3.73. The average Bonchev–Trinajstić information content (AvgIpc) is 2.45. The zero-order valence-corrected chi connectivity index (χ0v) is 14.4. The quantitative estimate of drug-likeness (QED) is 0.393. The van der Waals surface area contributed by atoms with Gasteiger partial charge in [0, 0.05) is 18.0 Å². The van der Waals surface area contributed by atoms with Crippen molar-refractivity contribution < 1.29 is 9.90 Å². The maximum Gasteiger partial charge on any atom is 0.271 e. The summed E-state index contributed by atoms with van der Waals surface area (Å²) < 4.78 is 1.47. The van der Waals surface area contributed by atoms with Crippen molar-refractivity contribution in [3.8, 4) is 5.75 Å². The van der Waals surface area contributed by atoms with Gasteiger partial charge in [-0.15, -0.1) is 0 Å². The number of nitrogens with zero attached hydrogens (tertiary/aromatic N) is 2. The van der Waals surface area contributed by atoms with Crippen molar-refractivity contribution in [3.63, 3.8) is 0 Å². The second kappa shape index (κ2) is 6.97. The first-order valence-electron chi connectivity index (χ1n) is 5.49. The maximum atomic E-state index is 11.7. The van der Waals surface area contributed by atoms with Gasteiger partial charge >= 0.3 is 0 Å². The van der Waals surface area contributed by atoms with Gasteiger partial charge in [0.05, 0.1) is 13.4 Å². The molecule has 0 aliphatic heterocycles. The second-order valence-electron chi connectivity index (χ2n) is 3.77. The topological polar surface area (TPSA) is 74.6 Å². The van der Waals surface area contributed by atoms with E-state index in [0.29, 0.717) is 5.56 Å². The predicted octanol–water partition coefficient (Wildman–Crippen LogP) is 2.76. The molecule has 1 heterocycles. The first-order valence-corrected chi connectivity index (χ1v) is 7.65. The molecule has 0 fully saturated rings. The number of rotatable bonds is 3. The molecule has 102 valence electrons. The Morgan fingerprint density at radius 3 is 2.45 bits per heavy atom. The zero-order valence-electron chi connectivity index (χ0n) is 10.0. The molecule has 0 saturated heterocycles. The number of benzene rings is 1. The lowest BCUT2D eigenvalue weighted by atomic mass is 10.2. The van der Waals surface area contributed by atoms with Crippen molar-refractivity contribution >= 4 is 57.3 Å². The highest BCUT2D eigenvalue weighted by Gasteiger charge is 2.05. The molecule has 2 aromatic rings. The largest absolute Gasteiger partial charge is 0.506 e. The molecule has 7 heteroatoms. The number of amides is 1. The van der Waals surface area contributed by atoms with Crippen LogP contribution in [0.2, 0.25) is 0 Å². The van der Waals surface area contributed by atoms with E-state index in [1.807, 2.05) is 45.2 Å². The van der Waals surface area contributed by atoms with Crippen LogP contribution in [0, 0.1) is 7.14 Å². The number of halogens is 2. The molecule has 1 aromatic carbocycles. The van der Waals surface area contributed by atoms with Gasteiger partial charge in [-0.2, -0.15) is 5.10 Å². The molecule has 1 aromatic heterocycles. The first kappa shape index (κ1) is 15.2. The molecule has 5 nitrogen and oxygen atoms in total.